The second kappa shape index (κ2) is 8.25. The van der Waals surface area contributed by atoms with E-state index in [9.17, 15) is 4.89 Å². The standard InChI is InChI=1S/C7H8O.C5H14NO2PS2/c1-6-4-2-3-5-7(6)8;1-6(2,3)4-5-8-9(7,10)11/h2-5,8H,1H3;4-5H2,1-3H3,(H-,7,10,11). The number of nitrogens with zero attached hydrogens (tertiary/aromatic N) is 1. The Morgan fingerprint density at radius 2 is 1.89 bits per heavy atom. The zero-order chi connectivity index (χ0) is 15.1. The van der Waals surface area contributed by atoms with Crippen LogP contribution >= 0.6 is 17.9 Å². The summed E-state index contributed by atoms with van der Waals surface area (Å²) in [4.78, 5) is 10.8. The molecule has 0 aliphatic heterocycles. The summed E-state index contributed by atoms with van der Waals surface area (Å²) in [6.07, 6.45) is 0. The lowest BCUT2D eigenvalue weighted by Gasteiger charge is -2.27. The zero-order valence-corrected chi connectivity index (χ0v) is 14.3. The molecule has 0 saturated carbocycles. The van der Waals surface area contributed by atoms with Gasteiger partial charge in [0.25, 0.3) is 0 Å². The molecule has 1 unspecified atom stereocenters. The Bertz CT molecular complexity index is 408. The Balaban J connectivity index is 0.000000356. The van der Waals surface area contributed by atoms with Crippen molar-refractivity contribution in [3.05, 3.63) is 29.8 Å². The average molecular weight is 323 g/mol. The maximum atomic E-state index is 10.8. The van der Waals surface area contributed by atoms with E-state index in [-0.39, 0.29) is 0 Å². The van der Waals surface area contributed by atoms with E-state index in [1.165, 1.54) is 0 Å². The van der Waals surface area contributed by atoms with Crippen LogP contribution in [0.15, 0.2) is 24.3 Å². The van der Waals surface area contributed by atoms with E-state index < -0.39 is 5.69 Å². The number of phenolic OH excluding ortho intramolecular Hbond substituents is 1. The van der Waals surface area contributed by atoms with Crippen LogP contribution < -0.4 is 4.89 Å². The van der Waals surface area contributed by atoms with Crippen LogP contribution in [0.3, 0.4) is 0 Å². The van der Waals surface area contributed by atoms with Gasteiger partial charge in [-0.2, -0.15) is 0 Å². The van der Waals surface area contributed by atoms with E-state index in [0.29, 0.717) is 12.4 Å². The van der Waals surface area contributed by atoms with Crippen molar-refractivity contribution in [2.24, 2.45) is 0 Å². The van der Waals surface area contributed by atoms with Gasteiger partial charge in [0, 0.05) is 5.69 Å². The Hall–Kier alpha value is -0.100. The molecule has 0 amide bonds. The normalized spacial score (nSPS) is 14.2. The van der Waals surface area contributed by atoms with Crippen LogP contribution in [0.25, 0.3) is 0 Å². The lowest BCUT2D eigenvalue weighted by molar-refractivity contribution is -0.870. The lowest BCUT2D eigenvalue weighted by Crippen LogP contribution is -2.37. The number of benzene rings is 1. The van der Waals surface area contributed by atoms with E-state index in [4.69, 9.17) is 9.63 Å². The van der Waals surface area contributed by atoms with E-state index >= 15 is 0 Å². The smallest absolute Gasteiger partial charge is 0.118 e. The molecule has 19 heavy (non-hydrogen) atoms. The van der Waals surface area contributed by atoms with Crippen molar-refractivity contribution in [2.45, 2.75) is 6.92 Å². The van der Waals surface area contributed by atoms with Crippen LogP contribution in [0, 0.1) is 6.92 Å². The van der Waals surface area contributed by atoms with Crippen molar-refractivity contribution in [3.63, 3.8) is 0 Å². The van der Waals surface area contributed by atoms with E-state index in [1.807, 2.05) is 46.3 Å². The number of hydrogen-bond acceptors (Lipinski definition) is 4. The van der Waals surface area contributed by atoms with Crippen molar-refractivity contribution in [1.29, 1.82) is 0 Å². The summed E-state index contributed by atoms with van der Waals surface area (Å²) < 4.78 is 5.59. The fourth-order valence-corrected chi connectivity index (χ4v) is 1.77. The third-order valence-electron chi connectivity index (χ3n) is 2.13. The largest absolute Gasteiger partial charge is 0.793 e. The second-order valence-corrected chi connectivity index (χ2v) is 10.1. The first-order chi connectivity index (χ1) is 8.51. The van der Waals surface area contributed by atoms with E-state index in [0.717, 1.165) is 16.6 Å². The molecule has 0 fully saturated rings. The molecule has 0 aromatic heterocycles. The minimum atomic E-state index is -2.98. The molecule has 0 spiro atoms. The SMILES string of the molecule is C[N+](C)(C)CCOP([O-])(=S)S.Cc1ccccc1O. The van der Waals surface area contributed by atoms with Gasteiger partial charge in [-0.25, -0.2) is 0 Å². The highest BCUT2D eigenvalue weighted by atomic mass is 32.9. The van der Waals surface area contributed by atoms with Crippen molar-refractivity contribution in [1.82, 2.24) is 0 Å². The second-order valence-electron chi connectivity index (χ2n) is 5.10. The van der Waals surface area contributed by atoms with Crippen molar-refractivity contribution in [2.75, 3.05) is 34.3 Å². The zero-order valence-electron chi connectivity index (χ0n) is 11.7. The quantitative estimate of drug-likeness (QED) is 0.505. The van der Waals surface area contributed by atoms with Gasteiger partial charge < -0.3 is 19.0 Å². The van der Waals surface area contributed by atoms with Gasteiger partial charge in [-0.15, -0.1) is 12.2 Å². The van der Waals surface area contributed by atoms with Crippen LogP contribution in [-0.2, 0) is 16.3 Å². The van der Waals surface area contributed by atoms with Crippen LogP contribution in [0.5, 0.6) is 5.75 Å². The van der Waals surface area contributed by atoms with Crippen molar-refractivity contribution in [3.8, 4) is 5.75 Å². The van der Waals surface area contributed by atoms with Gasteiger partial charge in [0.2, 0.25) is 0 Å². The first-order valence-electron chi connectivity index (χ1n) is 5.75. The van der Waals surface area contributed by atoms with Crippen LogP contribution in [-0.4, -0.2) is 43.9 Å². The highest BCUT2D eigenvalue weighted by molar-refractivity contribution is 8.59. The predicted molar refractivity (Wildman–Crippen MR) is 85.0 cm³/mol. The van der Waals surface area contributed by atoms with Crippen LogP contribution in [0.1, 0.15) is 5.56 Å². The minimum absolute atomic E-state index is 0.368. The topological polar surface area (TPSA) is 52.5 Å². The molecule has 110 valence electrons. The summed E-state index contributed by atoms with van der Waals surface area (Å²) in [5.74, 6) is 0.368. The van der Waals surface area contributed by atoms with Gasteiger partial charge in [0.1, 0.15) is 18.9 Å². The summed E-state index contributed by atoms with van der Waals surface area (Å²) >= 11 is 8.09. The third kappa shape index (κ3) is 12.7. The Kier molecular flexibility index (Phi) is 8.20. The summed E-state index contributed by atoms with van der Waals surface area (Å²) in [7, 11) is 6.07. The third-order valence-corrected chi connectivity index (χ3v) is 3.30. The molecule has 1 aromatic carbocycles. The number of para-hydroxylation sites is 1. The van der Waals surface area contributed by atoms with Gasteiger partial charge in [0.05, 0.1) is 21.1 Å². The molecule has 1 atom stereocenters. The van der Waals surface area contributed by atoms with E-state index in [1.54, 1.807) is 6.07 Å². The lowest BCUT2D eigenvalue weighted by atomic mass is 10.2. The first kappa shape index (κ1) is 18.9. The number of quaternary nitrogens is 1. The van der Waals surface area contributed by atoms with Crippen LogP contribution in [0.2, 0.25) is 0 Å². The summed E-state index contributed by atoms with van der Waals surface area (Å²) in [5.41, 5.74) is -2.06. The van der Waals surface area contributed by atoms with Gasteiger partial charge >= 0.3 is 0 Å². The minimum Gasteiger partial charge on any atom is -0.793 e. The summed E-state index contributed by atoms with van der Waals surface area (Å²) in [6, 6.07) is 7.25. The number of likely N-dealkylation sites (N-methyl/N-ethyl adjacent to an activating group) is 1. The highest BCUT2D eigenvalue weighted by Crippen LogP contribution is 2.41. The maximum absolute atomic E-state index is 10.8. The fourth-order valence-electron chi connectivity index (χ4n) is 0.993. The van der Waals surface area contributed by atoms with Crippen LogP contribution in [0.4, 0.5) is 0 Å². The van der Waals surface area contributed by atoms with Crippen molar-refractivity contribution < 1.29 is 19.0 Å². The molecule has 7 heteroatoms. The molecule has 0 aliphatic rings. The number of hydrogen-bond donors (Lipinski definition) is 2. The summed E-state index contributed by atoms with van der Waals surface area (Å²) in [5, 5.41) is 8.92. The Morgan fingerprint density at radius 3 is 2.21 bits per heavy atom. The van der Waals surface area contributed by atoms with Gasteiger partial charge in [0.15, 0.2) is 0 Å². The number of thiol groups is 1. The fraction of sp³-hybridized carbons (Fsp3) is 0.500. The Morgan fingerprint density at radius 1 is 1.37 bits per heavy atom. The Labute approximate surface area is 125 Å². The molecule has 1 rings (SSSR count). The monoisotopic (exact) mass is 323 g/mol. The molecular weight excluding hydrogens is 301 g/mol. The van der Waals surface area contributed by atoms with Gasteiger partial charge in [-0.05, 0) is 18.6 Å². The van der Waals surface area contributed by atoms with Crippen molar-refractivity contribution >= 4 is 29.7 Å². The molecule has 0 heterocycles. The molecule has 0 bridgehead atoms. The summed E-state index contributed by atoms with van der Waals surface area (Å²) in [6.45, 7) is 3.05. The number of rotatable bonds is 4. The van der Waals surface area contributed by atoms with E-state index in [2.05, 4.69) is 24.1 Å². The molecule has 0 radical (unpaired) electrons. The number of aromatic hydroxyl groups is 1. The van der Waals surface area contributed by atoms with Gasteiger partial charge in [-0.3, -0.25) is 0 Å². The molecule has 1 aromatic rings. The molecule has 4 nitrogen and oxygen atoms in total. The molecule has 1 N–H and O–H groups in total. The maximum Gasteiger partial charge on any atom is 0.118 e. The number of aryl methyl sites for hydroxylation is 1. The predicted octanol–water partition coefficient (Wildman–Crippen LogP) is 1.92. The molecule has 0 saturated heterocycles. The van der Waals surface area contributed by atoms with Gasteiger partial charge in [-0.1, -0.05) is 30.0 Å². The molecular formula is C12H22NO3PS2. The number of phenols is 1. The highest BCUT2D eigenvalue weighted by Gasteiger charge is 2.06. The average Bonchev–Trinajstić information content (AvgIpc) is 2.19. The molecule has 0 aliphatic carbocycles. The first-order valence-corrected chi connectivity index (χ1v) is 9.54.